The maximum atomic E-state index is 2.35. The Hall–Kier alpha value is -1.82. The van der Waals surface area contributed by atoms with Crippen molar-refractivity contribution in [2.75, 3.05) is 0 Å². The number of allylic oxidation sites excluding steroid dienone is 1. The number of benzene rings is 2. The standard InChI is InChI=1S/C18H18/c1-2-5-14-8-10-16(11-9-14)18-13-12-15-6-3-4-7-17(15)18/h3-4,6-11,13H,2,5,12H2,1H3. The zero-order chi connectivity index (χ0) is 12.4. The lowest BCUT2D eigenvalue weighted by molar-refractivity contribution is 0.922. The van der Waals surface area contributed by atoms with Crippen LogP contribution in [0.2, 0.25) is 0 Å². The Morgan fingerprint density at radius 3 is 2.50 bits per heavy atom. The van der Waals surface area contributed by atoms with Gasteiger partial charge in [0.05, 0.1) is 0 Å². The predicted molar refractivity (Wildman–Crippen MR) is 77.7 cm³/mol. The maximum absolute atomic E-state index is 2.35. The van der Waals surface area contributed by atoms with Gasteiger partial charge >= 0.3 is 0 Å². The van der Waals surface area contributed by atoms with E-state index in [1.165, 1.54) is 40.7 Å². The van der Waals surface area contributed by atoms with Gasteiger partial charge in [-0.1, -0.05) is 68.0 Å². The van der Waals surface area contributed by atoms with Crippen LogP contribution in [0.4, 0.5) is 0 Å². The van der Waals surface area contributed by atoms with Crippen LogP contribution in [0.1, 0.15) is 35.6 Å². The third-order valence-electron chi connectivity index (χ3n) is 3.64. The van der Waals surface area contributed by atoms with Crippen molar-refractivity contribution in [2.24, 2.45) is 0 Å². The Balaban J connectivity index is 1.93. The molecule has 2 aromatic rings. The molecule has 0 heterocycles. The molecule has 0 unspecified atom stereocenters. The van der Waals surface area contributed by atoms with Gasteiger partial charge in [0.2, 0.25) is 0 Å². The molecule has 0 saturated carbocycles. The summed E-state index contributed by atoms with van der Waals surface area (Å²) in [6.45, 7) is 2.23. The molecule has 0 nitrogen and oxygen atoms in total. The van der Waals surface area contributed by atoms with E-state index < -0.39 is 0 Å². The number of hydrogen-bond acceptors (Lipinski definition) is 0. The van der Waals surface area contributed by atoms with E-state index in [1.807, 2.05) is 0 Å². The largest absolute Gasteiger partial charge is 0.0716 e. The van der Waals surface area contributed by atoms with E-state index in [0.717, 1.165) is 6.42 Å². The fraction of sp³-hybridized carbons (Fsp3) is 0.222. The summed E-state index contributed by atoms with van der Waals surface area (Å²) in [5.41, 5.74) is 7.03. The molecule has 0 amide bonds. The first-order valence-corrected chi connectivity index (χ1v) is 6.76. The van der Waals surface area contributed by atoms with Crippen molar-refractivity contribution >= 4 is 5.57 Å². The Bertz CT molecular complexity index is 573. The molecule has 0 bridgehead atoms. The summed E-state index contributed by atoms with van der Waals surface area (Å²) in [4.78, 5) is 0. The van der Waals surface area contributed by atoms with Gasteiger partial charge in [0, 0.05) is 0 Å². The van der Waals surface area contributed by atoms with Crippen LogP contribution in [-0.4, -0.2) is 0 Å². The first-order chi connectivity index (χ1) is 8.88. The van der Waals surface area contributed by atoms with Crippen molar-refractivity contribution in [3.05, 3.63) is 76.9 Å². The van der Waals surface area contributed by atoms with Gasteiger partial charge in [-0.15, -0.1) is 0 Å². The molecule has 2 aromatic carbocycles. The third kappa shape index (κ3) is 1.99. The molecule has 1 aliphatic rings. The molecule has 3 rings (SSSR count). The van der Waals surface area contributed by atoms with Gasteiger partial charge in [-0.3, -0.25) is 0 Å². The van der Waals surface area contributed by atoms with E-state index in [-0.39, 0.29) is 0 Å². The minimum atomic E-state index is 1.07. The van der Waals surface area contributed by atoms with Gasteiger partial charge in [-0.2, -0.15) is 0 Å². The topological polar surface area (TPSA) is 0 Å². The molecule has 0 saturated heterocycles. The molecule has 0 spiro atoms. The Morgan fingerprint density at radius 2 is 1.72 bits per heavy atom. The lowest BCUT2D eigenvalue weighted by Gasteiger charge is -2.07. The van der Waals surface area contributed by atoms with E-state index in [2.05, 4.69) is 61.5 Å². The minimum absolute atomic E-state index is 1.07. The van der Waals surface area contributed by atoms with Gasteiger partial charge in [0.1, 0.15) is 0 Å². The third-order valence-corrected chi connectivity index (χ3v) is 3.64. The van der Waals surface area contributed by atoms with Crippen molar-refractivity contribution in [1.29, 1.82) is 0 Å². The van der Waals surface area contributed by atoms with E-state index in [0.29, 0.717) is 0 Å². The fourth-order valence-corrected chi connectivity index (χ4v) is 2.70. The van der Waals surface area contributed by atoms with Gasteiger partial charge in [-0.25, -0.2) is 0 Å². The molecule has 0 radical (unpaired) electrons. The highest BCUT2D eigenvalue weighted by atomic mass is 14.2. The fourth-order valence-electron chi connectivity index (χ4n) is 2.70. The number of fused-ring (bicyclic) bond motifs is 1. The summed E-state index contributed by atoms with van der Waals surface area (Å²) < 4.78 is 0. The first kappa shape index (κ1) is 11.3. The van der Waals surface area contributed by atoms with Gasteiger partial charge in [0.15, 0.2) is 0 Å². The SMILES string of the molecule is CCCc1ccc(C2=CCc3ccccc32)cc1. The summed E-state index contributed by atoms with van der Waals surface area (Å²) in [7, 11) is 0. The van der Waals surface area contributed by atoms with Crippen molar-refractivity contribution in [3.8, 4) is 0 Å². The Morgan fingerprint density at radius 1 is 0.944 bits per heavy atom. The molecule has 18 heavy (non-hydrogen) atoms. The highest BCUT2D eigenvalue weighted by Gasteiger charge is 2.14. The smallest absolute Gasteiger partial charge is 0.00819 e. The van der Waals surface area contributed by atoms with Crippen LogP contribution < -0.4 is 0 Å². The molecule has 0 fully saturated rings. The van der Waals surface area contributed by atoms with Crippen LogP contribution in [-0.2, 0) is 12.8 Å². The molecular weight excluding hydrogens is 216 g/mol. The second kappa shape index (κ2) is 4.81. The van der Waals surface area contributed by atoms with Crippen LogP contribution in [0.15, 0.2) is 54.6 Å². The van der Waals surface area contributed by atoms with Gasteiger partial charge < -0.3 is 0 Å². The van der Waals surface area contributed by atoms with E-state index in [9.17, 15) is 0 Å². The molecule has 0 atom stereocenters. The highest BCUT2D eigenvalue weighted by Crippen LogP contribution is 2.32. The normalized spacial score (nSPS) is 13.3. The number of rotatable bonds is 3. The Labute approximate surface area is 109 Å². The van der Waals surface area contributed by atoms with Crippen LogP contribution in [0.3, 0.4) is 0 Å². The zero-order valence-electron chi connectivity index (χ0n) is 10.8. The molecule has 1 aliphatic carbocycles. The van der Waals surface area contributed by atoms with Crippen molar-refractivity contribution in [3.63, 3.8) is 0 Å². The van der Waals surface area contributed by atoms with Gasteiger partial charge in [0.25, 0.3) is 0 Å². The zero-order valence-corrected chi connectivity index (χ0v) is 10.8. The summed E-state index contributed by atoms with van der Waals surface area (Å²) in [5.74, 6) is 0. The van der Waals surface area contributed by atoms with Crippen LogP contribution in [0.25, 0.3) is 5.57 Å². The van der Waals surface area contributed by atoms with E-state index in [4.69, 9.17) is 0 Å². The average Bonchev–Trinajstić information content (AvgIpc) is 2.84. The van der Waals surface area contributed by atoms with E-state index >= 15 is 0 Å². The lowest BCUT2D eigenvalue weighted by atomic mass is 9.98. The van der Waals surface area contributed by atoms with E-state index in [1.54, 1.807) is 0 Å². The second-order valence-electron chi connectivity index (χ2n) is 4.93. The molecule has 90 valence electrons. The van der Waals surface area contributed by atoms with Crippen molar-refractivity contribution in [1.82, 2.24) is 0 Å². The molecule has 0 heteroatoms. The molecule has 0 N–H and O–H groups in total. The summed E-state index contributed by atoms with van der Waals surface area (Å²) in [5, 5.41) is 0. The molecule has 0 aliphatic heterocycles. The highest BCUT2D eigenvalue weighted by molar-refractivity contribution is 5.84. The summed E-state index contributed by atoms with van der Waals surface area (Å²) in [6.07, 6.45) is 5.81. The average molecular weight is 234 g/mol. The van der Waals surface area contributed by atoms with Crippen LogP contribution >= 0.6 is 0 Å². The second-order valence-corrected chi connectivity index (χ2v) is 4.93. The molecular formula is C18H18. The quantitative estimate of drug-likeness (QED) is 0.726. The summed E-state index contributed by atoms with van der Waals surface area (Å²) in [6, 6.07) is 17.8. The number of aryl methyl sites for hydroxylation is 1. The van der Waals surface area contributed by atoms with Crippen LogP contribution in [0.5, 0.6) is 0 Å². The summed E-state index contributed by atoms with van der Waals surface area (Å²) >= 11 is 0. The van der Waals surface area contributed by atoms with Crippen LogP contribution in [0, 0.1) is 0 Å². The lowest BCUT2D eigenvalue weighted by Crippen LogP contribution is -1.88. The monoisotopic (exact) mass is 234 g/mol. The van der Waals surface area contributed by atoms with Gasteiger partial charge in [-0.05, 0) is 40.7 Å². The molecule has 0 aromatic heterocycles. The predicted octanol–water partition coefficient (Wildman–Crippen LogP) is 4.63. The first-order valence-electron chi connectivity index (χ1n) is 6.76. The Kier molecular flexibility index (Phi) is 3.02. The van der Waals surface area contributed by atoms with Crippen molar-refractivity contribution in [2.45, 2.75) is 26.2 Å². The number of hydrogen-bond donors (Lipinski definition) is 0. The minimum Gasteiger partial charge on any atom is -0.0716 e. The van der Waals surface area contributed by atoms with Crippen molar-refractivity contribution < 1.29 is 0 Å². The maximum Gasteiger partial charge on any atom is -0.00819 e.